The highest BCUT2D eigenvalue weighted by Crippen LogP contribution is 2.22. The summed E-state index contributed by atoms with van der Waals surface area (Å²) in [5.41, 5.74) is 0. The van der Waals surface area contributed by atoms with Crippen molar-refractivity contribution in [3.63, 3.8) is 0 Å². The number of pyridine rings is 1. The van der Waals surface area contributed by atoms with Crippen molar-refractivity contribution in [1.82, 2.24) is 14.8 Å². The van der Waals surface area contributed by atoms with Gasteiger partial charge in [0.15, 0.2) is 0 Å². The summed E-state index contributed by atoms with van der Waals surface area (Å²) >= 11 is 0. The smallest absolute Gasteiger partial charge is 0.239 e. The van der Waals surface area contributed by atoms with Gasteiger partial charge in [0.1, 0.15) is 5.82 Å². The van der Waals surface area contributed by atoms with E-state index in [4.69, 9.17) is 0 Å². The number of amides is 1. The zero-order chi connectivity index (χ0) is 16.9. The molecule has 132 valence electrons. The third kappa shape index (κ3) is 4.26. The van der Waals surface area contributed by atoms with Crippen LogP contribution in [0, 0.1) is 11.8 Å². The second kappa shape index (κ2) is 7.97. The van der Waals surface area contributed by atoms with Crippen LogP contribution in [0.5, 0.6) is 0 Å². The number of hydrogen-bond acceptors (Lipinski definition) is 4. The first-order valence-corrected chi connectivity index (χ1v) is 9.31. The number of nitrogens with zero attached hydrogens (tertiary/aromatic N) is 3. The molecule has 0 radical (unpaired) electrons. The van der Waals surface area contributed by atoms with Gasteiger partial charge in [-0.2, -0.15) is 0 Å². The van der Waals surface area contributed by atoms with Crippen LogP contribution >= 0.6 is 0 Å². The first kappa shape index (κ1) is 17.2. The van der Waals surface area contributed by atoms with E-state index in [1.54, 1.807) is 0 Å². The standard InChI is InChI=1S/C19H30N4O/c1-15-6-10-22(11-7-15)19(24)16(2)23-12-8-17(14-23)13-21-18-5-3-4-9-20-18/h3-5,9,15-17H,6-8,10-14H2,1-2H3,(H,20,21)/t16-,17+/m0/s1. The molecule has 0 bridgehead atoms. The highest BCUT2D eigenvalue weighted by atomic mass is 16.2. The maximum atomic E-state index is 12.7. The largest absolute Gasteiger partial charge is 0.370 e. The Morgan fingerprint density at radius 3 is 2.79 bits per heavy atom. The molecule has 2 aliphatic rings. The van der Waals surface area contributed by atoms with Crippen LogP contribution in [0.15, 0.2) is 24.4 Å². The Balaban J connectivity index is 1.45. The van der Waals surface area contributed by atoms with Gasteiger partial charge in [0, 0.05) is 32.4 Å². The van der Waals surface area contributed by atoms with Gasteiger partial charge in [0.25, 0.3) is 0 Å². The zero-order valence-corrected chi connectivity index (χ0v) is 14.9. The van der Waals surface area contributed by atoms with Crippen molar-refractivity contribution in [1.29, 1.82) is 0 Å². The molecular formula is C19H30N4O. The molecule has 0 spiro atoms. The lowest BCUT2D eigenvalue weighted by molar-refractivity contribution is -0.137. The summed E-state index contributed by atoms with van der Waals surface area (Å²) in [7, 11) is 0. The minimum Gasteiger partial charge on any atom is -0.370 e. The van der Waals surface area contributed by atoms with Crippen LogP contribution in [0.4, 0.5) is 5.82 Å². The first-order valence-electron chi connectivity index (χ1n) is 9.31. The summed E-state index contributed by atoms with van der Waals surface area (Å²) in [5, 5.41) is 3.41. The summed E-state index contributed by atoms with van der Waals surface area (Å²) < 4.78 is 0. The number of carbonyl (C=O) groups is 1. The van der Waals surface area contributed by atoms with E-state index >= 15 is 0 Å². The molecule has 0 aromatic carbocycles. The van der Waals surface area contributed by atoms with Gasteiger partial charge >= 0.3 is 0 Å². The van der Waals surface area contributed by atoms with Crippen molar-refractivity contribution >= 4 is 11.7 Å². The lowest BCUT2D eigenvalue weighted by Gasteiger charge is -2.34. The van der Waals surface area contributed by atoms with E-state index in [0.29, 0.717) is 11.8 Å². The Bertz CT molecular complexity index is 527. The zero-order valence-electron chi connectivity index (χ0n) is 14.9. The highest BCUT2D eigenvalue weighted by molar-refractivity contribution is 5.81. The van der Waals surface area contributed by atoms with E-state index in [2.05, 4.69) is 33.9 Å². The molecule has 2 atom stereocenters. The Labute approximate surface area is 145 Å². The Morgan fingerprint density at radius 2 is 2.08 bits per heavy atom. The van der Waals surface area contributed by atoms with E-state index in [0.717, 1.165) is 63.7 Å². The topological polar surface area (TPSA) is 48.5 Å². The van der Waals surface area contributed by atoms with E-state index in [1.807, 2.05) is 24.4 Å². The number of piperidine rings is 1. The summed E-state index contributed by atoms with van der Waals surface area (Å²) in [6, 6.07) is 5.93. The molecule has 1 N–H and O–H groups in total. The fourth-order valence-corrected chi connectivity index (χ4v) is 3.75. The molecular weight excluding hydrogens is 300 g/mol. The fourth-order valence-electron chi connectivity index (χ4n) is 3.75. The number of likely N-dealkylation sites (tertiary alicyclic amines) is 2. The van der Waals surface area contributed by atoms with Gasteiger partial charge in [-0.15, -0.1) is 0 Å². The molecule has 1 aromatic heterocycles. The van der Waals surface area contributed by atoms with Gasteiger partial charge in [-0.05, 0) is 56.7 Å². The molecule has 2 fully saturated rings. The van der Waals surface area contributed by atoms with Gasteiger partial charge < -0.3 is 10.2 Å². The van der Waals surface area contributed by atoms with Crippen LogP contribution in [0.2, 0.25) is 0 Å². The molecule has 0 unspecified atom stereocenters. The highest BCUT2D eigenvalue weighted by Gasteiger charge is 2.32. The molecule has 0 saturated carbocycles. The van der Waals surface area contributed by atoms with Gasteiger partial charge in [-0.25, -0.2) is 4.98 Å². The van der Waals surface area contributed by atoms with Gasteiger partial charge in [-0.3, -0.25) is 9.69 Å². The average Bonchev–Trinajstić information content (AvgIpc) is 3.09. The van der Waals surface area contributed by atoms with E-state index in [-0.39, 0.29) is 6.04 Å². The van der Waals surface area contributed by atoms with E-state index < -0.39 is 0 Å². The monoisotopic (exact) mass is 330 g/mol. The molecule has 24 heavy (non-hydrogen) atoms. The van der Waals surface area contributed by atoms with E-state index in [1.165, 1.54) is 0 Å². The first-order chi connectivity index (χ1) is 11.6. The molecule has 2 aliphatic heterocycles. The summed E-state index contributed by atoms with van der Waals surface area (Å²) in [6.07, 6.45) is 5.25. The molecule has 5 nitrogen and oxygen atoms in total. The Morgan fingerprint density at radius 1 is 1.29 bits per heavy atom. The number of anilines is 1. The van der Waals surface area contributed by atoms with Crippen molar-refractivity contribution in [3.8, 4) is 0 Å². The van der Waals surface area contributed by atoms with Gasteiger partial charge in [-0.1, -0.05) is 13.0 Å². The molecule has 3 heterocycles. The minimum absolute atomic E-state index is 0.0123. The number of rotatable bonds is 5. The van der Waals surface area contributed by atoms with Crippen LogP contribution in [0.1, 0.15) is 33.1 Å². The van der Waals surface area contributed by atoms with Crippen LogP contribution in [-0.4, -0.2) is 59.5 Å². The molecule has 3 rings (SSSR count). The average molecular weight is 330 g/mol. The van der Waals surface area contributed by atoms with Crippen molar-refractivity contribution in [2.24, 2.45) is 11.8 Å². The van der Waals surface area contributed by atoms with Gasteiger partial charge in [0.2, 0.25) is 5.91 Å². The maximum absolute atomic E-state index is 12.7. The Kier molecular flexibility index (Phi) is 5.72. The van der Waals surface area contributed by atoms with E-state index in [9.17, 15) is 4.79 Å². The second-order valence-corrected chi connectivity index (χ2v) is 7.43. The van der Waals surface area contributed by atoms with Crippen molar-refractivity contribution in [3.05, 3.63) is 24.4 Å². The molecule has 1 aromatic rings. The second-order valence-electron chi connectivity index (χ2n) is 7.43. The Hall–Kier alpha value is -1.62. The summed E-state index contributed by atoms with van der Waals surface area (Å²) in [4.78, 5) is 21.5. The predicted molar refractivity (Wildman–Crippen MR) is 96.8 cm³/mol. The SMILES string of the molecule is CC1CCN(C(=O)[C@H](C)N2CC[C@H](CNc3ccccn3)C2)CC1. The third-order valence-corrected chi connectivity index (χ3v) is 5.55. The summed E-state index contributed by atoms with van der Waals surface area (Å²) in [5.74, 6) is 2.60. The lowest BCUT2D eigenvalue weighted by Crippen LogP contribution is -2.48. The quantitative estimate of drug-likeness (QED) is 0.901. The molecule has 1 amide bonds. The summed E-state index contributed by atoms with van der Waals surface area (Å²) in [6.45, 7) is 9.17. The van der Waals surface area contributed by atoms with Crippen LogP contribution in [0.3, 0.4) is 0 Å². The van der Waals surface area contributed by atoms with Gasteiger partial charge in [0.05, 0.1) is 6.04 Å². The number of carbonyl (C=O) groups excluding carboxylic acids is 1. The van der Waals surface area contributed by atoms with Crippen LogP contribution in [0.25, 0.3) is 0 Å². The normalized spacial score (nSPS) is 24.1. The fraction of sp³-hybridized carbons (Fsp3) is 0.684. The number of aromatic nitrogens is 1. The lowest BCUT2D eigenvalue weighted by atomic mass is 9.99. The van der Waals surface area contributed by atoms with Crippen molar-refractivity contribution < 1.29 is 4.79 Å². The maximum Gasteiger partial charge on any atom is 0.239 e. The third-order valence-electron chi connectivity index (χ3n) is 5.55. The predicted octanol–water partition coefficient (Wildman–Crippen LogP) is 2.46. The molecule has 2 saturated heterocycles. The van der Waals surface area contributed by atoms with Crippen molar-refractivity contribution in [2.75, 3.05) is 38.0 Å². The molecule has 5 heteroatoms. The minimum atomic E-state index is 0.0123. The number of hydrogen-bond donors (Lipinski definition) is 1. The molecule has 0 aliphatic carbocycles. The van der Waals surface area contributed by atoms with Crippen LogP contribution < -0.4 is 5.32 Å². The number of nitrogens with one attached hydrogen (secondary N) is 1. The van der Waals surface area contributed by atoms with Crippen molar-refractivity contribution in [2.45, 2.75) is 39.2 Å². The van der Waals surface area contributed by atoms with Crippen LogP contribution in [-0.2, 0) is 4.79 Å².